The molecule has 1 amide bonds. The van der Waals surface area contributed by atoms with Crippen LogP contribution in [-0.4, -0.2) is 22.5 Å². The van der Waals surface area contributed by atoms with Gasteiger partial charge in [-0.3, -0.25) is 9.78 Å². The molecule has 2 aromatic carbocycles. The van der Waals surface area contributed by atoms with E-state index in [0.717, 1.165) is 22.0 Å². The van der Waals surface area contributed by atoms with Crippen molar-refractivity contribution in [3.05, 3.63) is 82.3 Å². The van der Waals surface area contributed by atoms with E-state index in [1.54, 1.807) is 30.5 Å². The summed E-state index contributed by atoms with van der Waals surface area (Å²) >= 11 is 13.5. The number of pyridine rings is 1. The second-order valence-electron chi connectivity index (χ2n) is 6.25. The van der Waals surface area contributed by atoms with Crippen molar-refractivity contribution in [1.82, 2.24) is 9.97 Å². The van der Waals surface area contributed by atoms with E-state index in [9.17, 15) is 4.79 Å². The molecule has 0 spiro atoms. The highest BCUT2D eigenvalue weighted by atomic mass is 35.5. The van der Waals surface area contributed by atoms with Crippen molar-refractivity contribution in [3.8, 4) is 27.7 Å². The lowest BCUT2D eigenvalue weighted by Gasteiger charge is -2.10. The van der Waals surface area contributed by atoms with Crippen molar-refractivity contribution in [3.63, 3.8) is 0 Å². The third-order valence-electron chi connectivity index (χ3n) is 4.08. The van der Waals surface area contributed by atoms with Crippen LogP contribution in [0.4, 0.5) is 5.69 Å². The first-order valence-electron chi connectivity index (χ1n) is 8.93. The van der Waals surface area contributed by atoms with Crippen LogP contribution in [0.15, 0.2) is 72.2 Å². The molecule has 1 N–H and O–H groups in total. The molecule has 2 aromatic heterocycles. The van der Waals surface area contributed by atoms with Gasteiger partial charge in [-0.05, 0) is 36.4 Å². The number of hydrogen-bond donors (Lipinski definition) is 1. The van der Waals surface area contributed by atoms with Gasteiger partial charge in [0.15, 0.2) is 6.61 Å². The van der Waals surface area contributed by atoms with E-state index in [1.165, 1.54) is 11.3 Å². The van der Waals surface area contributed by atoms with Gasteiger partial charge in [0.25, 0.3) is 5.91 Å². The number of thiazole rings is 1. The number of hydrogen-bond acceptors (Lipinski definition) is 5. The molecule has 0 aliphatic heterocycles. The summed E-state index contributed by atoms with van der Waals surface area (Å²) in [4.78, 5) is 21.3. The first-order valence-corrected chi connectivity index (χ1v) is 10.6. The maximum absolute atomic E-state index is 12.3. The summed E-state index contributed by atoms with van der Waals surface area (Å²) in [7, 11) is 0. The lowest BCUT2D eigenvalue weighted by molar-refractivity contribution is -0.118. The molecule has 4 rings (SSSR count). The fourth-order valence-corrected chi connectivity index (χ4v) is 3.84. The molecule has 0 atom stereocenters. The molecule has 0 aliphatic carbocycles. The van der Waals surface area contributed by atoms with Crippen LogP contribution in [0.3, 0.4) is 0 Å². The Morgan fingerprint density at radius 3 is 2.77 bits per heavy atom. The van der Waals surface area contributed by atoms with Crippen molar-refractivity contribution >= 4 is 46.1 Å². The Labute approximate surface area is 187 Å². The normalized spacial score (nSPS) is 10.6. The highest BCUT2D eigenvalue weighted by molar-refractivity contribution is 7.13. The second kappa shape index (κ2) is 9.26. The topological polar surface area (TPSA) is 64.1 Å². The van der Waals surface area contributed by atoms with Gasteiger partial charge in [-0.1, -0.05) is 41.4 Å². The smallest absolute Gasteiger partial charge is 0.262 e. The van der Waals surface area contributed by atoms with E-state index in [-0.39, 0.29) is 12.5 Å². The molecule has 0 saturated heterocycles. The van der Waals surface area contributed by atoms with Crippen LogP contribution in [0.25, 0.3) is 22.0 Å². The molecule has 0 saturated carbocycles. The van der Waals surface area contributed by atoms with Crippen LogP contribution in [0.2, 0.25) is 10.0 Å². The van der Waals surface area contributed by atoms with Gasteiger partial charge in [-0.2, -0.15) is 0 Å². The zero-order valence-corrected chi connectivity index (χ0v) is 17.8. The monoisotopic (exact) mass is 455 g/mol. The van der Waals surface area contributed by atoms with Gasteiger partial charge in [0.05, 0.1) is 16.4 Å². The molecule has 0 bridgehead atoms. The number of nitrogens with zero attached hydrogens (tertiary/aromatic N) is 2. The Bertz CT molecular complexity index is 1180. The lowest BCUT2D eigenvalue weighted by atomic mass is 10.1. The summed E-state index contributed by atoms with van der Waals surface area (Å²) in [6, 6.07) is 18.0. The Kier molecular flexibility index (Phi) is 6.28. The molecule has 0 aliphatic rings. The molecular weight excluding hydrogens is 441 g/mol. The molecule has 0 fully saturated rings. The number of benzene rings is 2. The Balaban J connectivity index is 1.43. The number of aromatic nitrogens is 2. The number of rotatable bonds is 6. The van der Waals surface area contributed by atoms with Gasteiger partial charge in [-0.25, -0.2) is 4.98 Å². The van der Waals surface area contributed by atoms with Crippen LogP contribution in [0.1, 0.15) is 0 Å². The Morgan fingerprint density at radius 1 is 1.03 bits per heavy atom. The zero-order valence-electron chi connectivity index (χ0n) is 15.5. The number of nitrogens with one attached hydrogen (secondary N) is 1. The predicted molar refractivity (Wildman–Crippen MR) is 121 cm³/mol. The van der Waals surface area contributed by atoms with Crippen molar-refractivity contribution < 1.29 is 9.53 Å². The maximum atomic E-state index is 12.3. The van der Waals surface area contributed by atoms with Crippen molar-refractivity contribution in [2.24, 2.45) is 0 Å². The molecule has 4 aromatic rings. The Hall–Kier alpha value is -2.93. The van der Waals surface area contributed by atoms with Gasteiger partial charge >= 0.3 is 0 Å². The average Bonchev–Trinajstić information content (AvgIpc) is 3.26. The number of ether oxygens (including phenoxy) is 1. The summed E-state index contributed by atoms with van der Waals surface area (Å²) in [5.41, 5.74) is 3.18. The van der Waals surface area contributed by atoms with Crippen LogP contribution in [0.5, 0.6) is 5.75 Å². The standard InChI is InChI=1S/C22H15Cl2N3O2S/c23-15-7-8-17(24)20(11-15)29-12-21(28)26-16-5-3-4-14(10-16)19-13-30-22(27-19)18-6-1-2-9-25-18/h1-11,13H,12H2,(H,26,28). The minimum absolute atomic E-state index is 0.190. The average molecular weight is 456 g/mol. The molecule has 8 heteroatoms. The second-order valence-corrected chi connectivity index (χ2v) is 7.95. The highest BCUT2D eigenvalue weighted by Crippen LogP contribution is 2.29. The van der Waals surface area contributed by atoms with E-state index in [1.807, 2.05) is 41.8 Å². The van der Waals surface area contributed by atoms with E-state index in [2.05, 4.69) is 15.3 Å². The summed E-state index contributed by atoms with van der Waals surface area (Å²) in [6.07, 6.45) is 1.74. The number of carbonyl (C=O) groups excluding carboxylic acids is 1. The van der Waals surface area contributed by atoms with Gasteiger partial charge in [0, 0.05) is 33.9 Å². The SMILES string of the molecule is O=C(COc1cc(Cl)ccc1Cl)Nc1cccc(-c2csc(-c3ccccn3)n2)c1. The Morgan fingerprint density at radius 2 is 1.93 bits per heavy atom. The third kappa shape index (κ3) is 4.97. The maximum Gasteiger partial charge on any atom is 0.262 e. The van der Waals surface area contributed by atoms with Crippen molar-refractivity contribution in [2.45, 2.75) is 0 Å². The molecule has 0 radical (unpaired) electrons. The first kappa shape index (κ1) is 20.3. The van der Waals surface area contributed by atoms with Crippen LogP contribution < -0.4 is 10.1 Å². The molecule has 30 heavy (non-hydrogen) atoms. The van der Waals surface area contributed by atoms with Crippen molar-refractivity contribution in [1.29, 1.82) is 0 Å². The summed E-state index contributed by atoms with van der Waals surface area (Å²) in [6.45, 7) is -0.190. The number of halogens is 2. The van der Waals surface area contributed by atoms with E-state index >= 15 is 0 Å². The summed E-state index contributed by atoms with van der Waals surface area (Å²) in [5, 5.41) is 6.50. The van der Waals surface area contributed by atoms with Crippen molar-refractivity contribution in [2.75, 3.05) is 11.9 Å². The van der Waals surface area contributed by atoms with E-state index in [0.29, 0.717) is 21.5 Å². The van der Waals surface area contributed by atoms with Crippen LogP contribution in [0, 0.1) is 0 Å². The number of anilines is 1. The van der Waals surface area contributed by atoms with Gasteiger partial charge in [-0.15, -0.1) is 11.3 Å². The van der Waals surface area contributed by atoms with E-state index in [4.69, 9.17) is 27.9 Å². The lowest BCUT2D eigenvalue weighted by Crippen LogP contribution is -2.20. The number of carbonyl (C=O) groups is 1. The van der Waals surface area contributed by atoms with E-state index < -0.39 is 0 Å². The van der Waals surface area contributed by atoms with Gasteiger partial charge in [0.2, 0.25) is 0 Å². The number of amides is 1. The summed E-state index contributed by atoms with van der Waals surface area (Å²) in [5.74, 6) is 0.0493. The molecule has 5 nitrogen and oxygen atoms in total. The minimum Gasteiger partial charge on any atom is -0.482 e. The molecule has 0 unspecified atom stereocenters. The third-order valence-corrected chi connectivity index (χ3v) is 5.49. The van der Waals surface area contributed by atoms with Gasteiger partial charge in [0.1, 0.15) is 10.8 Å². The highest BCUT2D eigenvalue weighted by Gasteiger charge is 2.10. The van der Waals surface area contributed by atoms with Gasteiger partial charge < -0.3 is 10.1 Å². The largest absolute Gasteiger partial charge is 0.482 e. The molecular formula is C22H15Cl2N3O2S. The minimum atomic E-state index is -0.310. The molecule has 150 valence electrons. The fraction of sp³-hybridized carbons (Fsp3) is 0.0455. The fourth-order valence-electron chi connectivity index (χ4n) is 2.70. The quantitative estimate of drug-likeness (QED) is 0.376. The zero-order chi connectivity index (χ0) is 20.9. The molecule has 2 heterocycles. The summed E-state index contributed by atoms with van der Waals surface area (Å²) < 4.78 is 5.47. The first-order chi connectivity index (χ1) is 14.6. The van der Waals surface area contributed by atoms with Crippen LogP contribution in [-0.2, 0) is 4.79 Å². The predicted octanol–water partition coefficient (Wildman–Crippen LogP) is 6.20. The van der Waals surface area contributed by atoms with Crippen LogP contribution >= 0.6 is 34.5 Å².